The molecule has 0 unspecified atom stereocenters. The zero-order chi connectivity index (χ0) is 16.3. The Labute approximate surface area is 130 Å². The zero-order valence-electron chi connectivity index (χ0n) is 13.3. The van der Waals surface area contributed by atoms with Crippen LogP contribution >= 0.6 is 0 Å². The fourth-order valence-corrected chi connectivity index (χ4v) is 2.34. The molecular weight excluding hydrogens is 278 g/mol. The average molecular weight is 299 g/mol. The number of carbonyl (C=O) groups is 1. The lowest BCUT2D eigenvalue weighted by Gasteiger charge is -2.23. The summed E-state index contributed by atoms with van der Waals surface area (Å²) in [6.07, 6.45) is 0. The number of nitrogens with one attached hydrogen (secondary N) is 1. The molecule has 2 aromatic carbocycles. The molecule has 0 bridgehead atoms. The highest BCUT2D eigenvalue weighted by Gasteiger charge is 2.23. The summed E-state index contributed by atoms with van der Waals surface area (Å²) in [7, 11) is 1.52. The Morgan fingerprint density at radius 3 is 2.27 bits per heavy atom. The van der Waals surface area contributed by atoms with E-state index >= 15 is 0 Å². The summed E-state index contributed by atoms with van der Waals surface area (Å²) < 4.78 is 5.45. The third kappa shape index (κ3) is 3.12. The summed E-state index contributed by atoms with van der Waals surface area (Å²) in [5.41, 5.74) is 4.65. The number of benzene rings is 2. The van der Waals surface area contributed by atoms with E-state index in [1.54, 1.807) is 11.5 Å². The Balaban J connectivity index is 2.77. The fraction of sp³-hybridized carbons (Fsp3) is 0.278. The molecule has 0 aliphatic rings. The Morgan fingerprint density at radius 2 is 1.77 bits per heavy atom. The van der Waals surface area contributed by atoms with E-state index in [1.807, 2.05) is 36.4 Å². The molecule has 4 heteroatoms. The minimum Gasteiger partial charge on any atom is -0.495 e. The average Bonchev–Trinajstić information content (AvgIpc) is 2.52. The summed E-state index contributed by atoms with van der Waals surface area (Å²) in [4.78, 5) is 12.0. The van der Waals surface area contributed by atoms with Gasteiger partial charge in [0.25, 0.3) is 5.91 Å². The van der Waals surface area contributed by atoms with Crippen molar-refractivity contribution in [2.24, 2.45) is 0 Å². The number of amides is 1. The molecule has 0 aliphatic heterocycles. The van der Waals surface area contributed by atoms with Crippen molar-refractivity contribution in [1.29, 1.82) is 0 Å². The monoisotopic (exact) mass is 299 g/mol. The van der Waals surface area contributed by atoms with E-state index in [0.717, 1.165) is 16.7 Å². The Hall–Kier alpha value is -2.33. The molecule has 0 saturated carbocycles. The number of methoxy groups -OCH3 is 1. The topological polar surface area (TPSA) is 58.6 Å². The quantitative estimate of drug-likeness (QED) is 0.670. The van der Waals surface area contributed by atoms with Gasteiger partial charge in [-0.25, -0.2) is 5.48 Å². The van der Waals surface area contributed by atoms with Gasteiger partial charge in [0.2, 0.25) is 0 Å². The number of ether oxygens (including phenoxy) is 1. The molecule has 0 atom stereocenters. The highest BCUT2D eigenvalue weighted by molar-refractivity contribution is 5.99. The van der Waals surface area contributed by atoms with Crippen LogP contribution in [0.25, 0.3) is 11.1 Å². The maximum absolute atomic E-state index is 12.0. The molecule has 0 fully saturated rings. The van der Waals surface area contributed by atoms with Crippen LogP contribution in [0.3, 0.4) is 0 Å². The Kier molecular flexibility index (Phi) is 4.52. The van der Waals surface area contributed by atoms with E-state index in [0.29, 0.717) is 11.3 Å². The number of rotatable bonds is 3. The lowest BCUT2D eigenvalue weighted by atomic mass is 9.83. The van der Waals surface area contributed by atoms with Gasteiger partial charge in [-0.2, -0.15) is 0 Å². The normalized spacial score (nSPS) is 11.1. The lowest BCUT2D eigenvalue weighted by molar-refractivity contribution is 0.0703. The first-order valence-corrected chi connectivity index (χ1v) is 7.11. The van der Waals surface area contributed by atoms with Crippen molar-refractivity contribution in [3.05, 3.63) is 53.6 Å². The standard InChI is InChI=1S/C18H21NO3/c1-18(2,3)13-10-14(12-8-6-5-7-9-12)16(22-4)15(11-13)17(20)19-21/h5-11,21H,1-4H3,(H,19,20). The first-order chi connectivity index (χ1) is 10.4. The van der Waals surface area contributed by atoms with Crippen LogP contribution < -0.4 is 10.2 Å². The fourth-order valence-electron chi connectivity index (χ4n) is 2.34. The minimum absolute atomic E-state index is 0.139. The Bertz CT molecular complexity index is 673. The van der Waals surface area contributed by atoms with Gasteiger partial charge >= 0.3 is 0 Å². The van der Waals surface area contributed by atoms with E-state index in [-0.39, 0.29) is 5.41 Å². The molecule has 0 saturated heterocycles. The van der Waals surface area contributed by atoms with Crippen LogP contribution in [0, 0.1) is 0 Å². The van der Waals surface area contributed by atoms with Crippen LogP contribution in [0.1, 0.15) is 36.7 Å². The molecule has 116 valence electrons. The van der Waals surface area contributed by atoms with Crippen LogP contribution in [0.15, 0.2) is 42.5 Å². The molecule has 0 radical (unpaired) electrons. The second kappa shape index (κ2) is 6.20. The largest absolute Gasteiger partial charge is 0.495 e. The molecule has 2 N–H and O–H groups in total. The summed E-state index contributed by atoms with van der Waals surface area (Å²) in [5, 5.41) is 9.01. The minimum atomic E-state index is -0.583. The van der Waals surface area contributed by atoms with Crippen LogP contribution in [-0.2, 0) is 5.41 Å². The molecule has 0 heterocycles. The summed E-state index contributed by atoms with van der Waals surface area (Å²) >= 11 is 0. The third-order valence-electron chi connectivity index (χ3n) is 3.59. The number of hydrogen-bond donors (Lipinski definition) is 2. The van der Waals surface area contributed by atoms with Crippen molar-refractivity contribution in [2.75, 3.05) is 7.11 Å². The van der Waals surface area contributed by atoms with E-state index < -0.39 is 5.91 Å². The first-order valence-electron chi connectivity index (χ1n) is 7.11. The van der Waals surface area contributed by atoms with Gasteiger partial charge in [0, 0.05) is 5.56 Å². The Morgan fingerprint density at radius 1 is 1.14 bits per heavy atom. The molecule has 0 spiro atoms. The van der Waals surface area contributed by atoms with E-state index in [9.17, 15) is 4.79 Å². The molecule has 22 heavy (non-hydrogen) atoms. The first kappa shape index (κ1) is 16.0. The number of carbonyl (C=O) groups excluding carboxylic acids is 1. The van der Waals surface area contributed by atoms with Crippen molar-refractivity contribution in [3.8, 4) is 16.9 Å². The number of hydrogen-bond acceptors (Lipinski definition) is 3. The maximum Gasteiger partial charge on any atom is 0.278 e. The van der Waals surface area contributed by atoms with Crippen LogP contribution in [0.4, 0.5) is 0 Å². The van der Waals surface area contributed by atoms with Crippen LogP contribution in [0.2, 0.25) is 0 Å². The highest BCUT2D eigenvalue weighted by atomic mass is 16.5. The van der Waals surface area contributed by atoms with Gasteiger partial charge < -0.3 is 4.74 Å². The maximum atomic E-state index is 12.0. The van der Waals surface area contributed by atoms with E-state index in [4.69, 9.17) is 9.94 Å². The van der Waals surface area contributed by atoms with E-state index in [2.05, 4.69) is 20.8 Å². The SMILES string of the molecule is COc1c(C(=O)NO)cc(C(C)(C)C)cc1-c1ccccc1. The van der Waals surface area contributed by atoms with Gasteiger partial charge in [-0.15, -0.1) is 0 Å². The molecular formula is C18H21NO3. The van der Waals surface area contributed by atoms with Crippen LogP contribution in [0.5, 0.6) is 5.75 Å². The predicted octanol–water partition coefficient (Wildman–Crippen LogP) is 3.78. The van der Waals surface area contributed by atoms with Gasteiger partial charge in [-0.05, 0) is 28.7 Å². The van der Waals surface area contributed by atoms with Gasteiger partial charge in [-0.1, -0.05) is 51.1 Å². The van der Waals surface area contributed by atoms with Gasteiger partial charge in [0.05, 0.1) is 12.7 Å². The lowest BCUT2D eigenvalue weighted by Crippen LogP contribution is -2.21. The summed E-state index contributed by atoms with van der Waals surface area (Å²) in [5.74, 6) is -0.133. The molecule has 1 amide bonds. The predicted molar refractivity (Wildman–Crippen MR) is 86.4 cm³/mol. The molecule has 0 aromatic heterocycles. The van der Waals surface area contributed by atoms with Crippen molar-refractivity contribution in [2.45, 2.75) is 26.2 Å². The molecule has 2 rings (SSSR count). The molecule has 4 nitrogen and oxygen atoms in total. The second-order valence-corrected chi connectivity index (χ2v) is 6.16. The summed E-state index contributed by atoms with van der Waals surface area (Å²) in [6.45, 7) is 6.22. The number of hydroxylamine groups is 1. The highest BCUT2D eigenvalue weighted by Crippen LogP contribution is 2.37. The van der Waals surface area contributed by atoms with Crippen molar-refractivity contribution < 1.29 is 14.7 Å². The third-order valence-corrected chi connectivity index (χ3v) is 3.59. The summed E-state index contributed by atoms with van der Waals surface area (Å²) in [6, 6.07) is 13.5. The van der Waals surface area contributed by atoms with Crippen molar-refractivity contribution >= 4 is 5.91 Å². The van der Waals surface area contributed by atoms with Gasteiger partial charge in [-0.3, -0.25) is 10.0 Å². The van der Waals surface area contributed by atoms with Crippen molar-refractivity contribution in [3.63, 3.8) is 0 Å². The van der Waals surface area contributed by atoms with E-state index in [1.165, 1.54) is 7.11 Å². The second-order valence-electron chi connectivity index (χ2n) is 6.16. The molecule has 0 aliphatic carbocycles. The van der Waals surface area contributed by atoms with Gasteiger partial charge in [0.15, 0.2) is 0 Å². The van der Waals surface area contributed by atoms with Crippen LogP contribution in [-0.4, -0.2) is 18.2 Å². The molecule has 2 aromatic rings. The van der Waals surface area contributed by atoms with Crippen molar-refractivity contribution in [1.82, 2.24) is 5.48 Å². The zero-order valence-corrected chi connectivity index (χ0v) is 13.3. The smallest absolute Gasteiger partial charge is 0.278 e. The van der Waals surface area contributed by atoms with Gasteiger partial charge in [0.1, 0.15) is 5.75 Å².